The molecule has 0 aliphatic carbocycles. The highest BCUT2D eigenvalue weighted by molar-refractivity contribution is 5.70. The van der Waals surface area contributed by atoms with Crippen LogP contribution >= 0.6 is 0 Å². The summed E-state index contributed by atoms with van der Waals surface area (Å²) in [6.07, 6.45) is 3.88. The highest BCUT2D eigenvalue weighted by Gasteiger charge is 2.43. The minimum absolute atomic E-state index is 0.368. The van der Waals surface area contributed by atoms with Gasteiger partial charge in [-0.15, -0.1) is 0 Å². The van der Waals surface area contributed by atoms with Crippen LogP contribution in [-0.2, 0) is 6.42 Å². The number of anilines is 1. The summed E-state index contributed by atoms with van der Waals surface area (Å²) in [6.45, 7) is 2.47. The molecule has 0 unspecified atom stereocenters. The van der Waals surface area contributed by atoms with Crippen LogP contribution in [0.4, 0.5) is 10.5 Å². The van der Waals surface area contributed by atoms with E-state index in [0.717, 1.165) is 13.0 Å². The standard InChI is InChI=1S/C16H20N2O2/c19-16(20)17-9-7-14-13(10-17)12-6-3-5-11-4-1-2-8-18(14)15(11)12/h3,5-6,13-14H,1-2,4,7-10H2,(H,19,20)/t13-,14-/m1/s1. The van der Waals surface area contributed by atoms with Gasteiger partial charge in [0.2, 0.25) is 0 Å². The van der Waals surface area contributed by atoms with Gasteiger partial charge >= 0.3 is 6.09 Å². The molecule has 1 aromatic rings. The van der Waals surface area contributed by atoms with E-state index in [0.29, 0.717) is 25.0 Å². The Morgan fingerprint density at radius 2 is 2.15 bits per heavy atom. The topological polar surface area (TPSA) is 43.8 Å². The number of piperidine rings is 1. The predicted molar refractivity (Wildman–Crippen MR) is 77.5 cm³/mol. The molecule has 0 spiro atoms. The van der Waals surface area contributed by atoms with E-state index >= 15 is 0 Å². The molecule has 20 heavy (non-hydrogen) atoms. The Bertz CT molecular complexity index is 557. The number of likely N-dealkylation sites (tertiary alicyclic amines) is 1. The molecule has 106 valence electrons. The first kappa shape index (κ1) is 12.1. The normalized spacial score (nSPS) is 27.8. The molecule has 2 atom stereocenters. The SMILES string of the molecule is O=C(O)N1CC[C@@H]2[C@H](C1)c1cccc3c1N2CCCC3. The van der Waals surface area contributed by atoms with Gasteiger partial charge in [0.15, 0.2) is 0 Å². The number of carboxylic acid groups (broad SMARTS) is 1. The third-order valence-electron chi connectivity index (χ3n) is 5.18. The number of nitrogens with zero attached hydrogens (tertiary/aromatic N) is 2. The molecule has 1 fully saturated rings. The van der Waals surface area contributed by atoms with Gasteiger partial charge in [0, 0.05) is 37.3 Å². The average molecular weight is 272 g/mol. The number of rotatable bonds is 0. The molecule has 0 aromatic heterocycles. The van der Waals surface area contributed by atoms with Crippen molar-refractivity contribution in [3.63, 3.8) is 0 Å². The maximum Gasteiger partial charge on any atom is 0.407 e. The van der Waals surface area contributed by atoms with Gasteiger partial charge in [-0.3, -0.25) is 0 Å². The van der Waals surface area contributed by atoms with Crippen molar-refractivity contribution in [2.45, 2.75) is 37.6 Å². The molecule has 1 amide bonds. The smallest absolute Gasteiger partial charge is 0.407 e. The van der Waals surface area contributed by atoms with Crippen LogP contribution in [0.5, 0.6) is 0 Å². The molecule has 3 aliphatic heterocycles. The first-order valence-electron chi connectivity index (χ1n) is 7.62. The Kier molecular flexibility index (Phi) is 2.65. The Labute approximate surface area is 119 Å². The lowest BCUT2D eigenvalue weighted by Crippen LogP contribution is -2.48. The number of fused-ring (bicyclic) bond motifs is 3. The van der Waals surface area contributed by atoms with Crippen LogP contribution < -0.4 is 4.90 Å². The van der Waals surface area contributed by atoms with Gasteiger partial charge < -0.3 is 14.9 Å². The molecule has 4 heteroatoms. The van der Waals surface area contributed by atoms with Gasteiger partial charge in [0.05, 0.1) is 0 Å². The van der Waals surface area contributed by atoms with Crippen LogP contribution in [0.3, 0.4) is 0 Å². The van der Waals surface area contributed by atoms with Crippen LogP contribution in [0.1, 0.15) is 36.3 Å². The van der Waals surface area contributed by atoms with E-state index in [1.54, 1.807) is 4.90 Å². The van der Waals surface area contributed by atoms with Gasteiger partial charge in [-0.05, 0) is 36.8 Å². The van der Waals surface area contributed by atoms with E-state index in [9.17, 15) is 9.90 Å². The summed E-state index contributed by atoms with van der Waals surface area (Å²) >= 11 is 0. The van der Waals surface area contributed by atoms with Crippen molar-refractivity contribution < 1.29 is 9.90 Å². The molecule has 0 radical (unpaired) electrons. The summed E-state index contributed by atoms with van der Waals surface area (Å²) in [5, 5.41) is 9.25. The lowest BCUT2D eigenvalue weighted by molar-refractivity contribution is 0.127. The molecule has 1 aromatic carbocycles. The summed E-state index contributed by atoms with van der Waals surface area (Å²) in [4.78, 5) is 15.4. The van der Waals surface area contributed by atoms with Gasteiger partial charge in [-0.2, -0.15) is 0 Å². The number of benzene rings is 1. The fourth-order valence-electron chi connectivity index (χ4n) is 4.30. The number of amides is 1. The molecular formula is C16H20N2O2. The van der Waals surface area contributed by atoms with Crippen LogP contribution in [0, 0.1) is 0 Å². The van der Waals surface area contributed by atoms with Gasteiger partial charge in [0.25, 0.3) is 0 Å². The molecular weight excluding hydrogens is 252 g/mol. The molecule has 3 aliphatic rings. The van der Waals surface area contributed by atoms with E-state index < -0.39 is 6.09 Å². The van der Waals surface area contributed by atoms with Crippen molar-refractivity contribution in [3.05, 3.63) is 29.3 Å². The Balaban J connectivity index is 1.77. The maximum absolute atomic E-state index is 11.3. The number of para-hydroxylation sites is 1. The summed E-state index contributed by atoms with van der Waals surface area (Å²) in [6, 6.07) is 7.14. The summed E-state index contributed by atoms with van der Waals surface area (Å²) in [5.41, 5.74) is 4.30. The zero-order valence-electron chi connectivity index (χ0n) is 11.6. The van der Waals surface area contributed by atoms with E-state index in [2.05, 4.69) is 23.1 Å². The lowest BCUT2D eigenvalue weighted by atomic mass is 9.88. The fraction of sp³-hybridized carbons (Fsp3) is 0.562. The second-order valence-electron chi connectivity index (χ2n) is 6.20. The first-order valence-corrected chi connectivity index (χ1v) is 7.62. The molecule has 1 N–H and O–H groups in total. The molecule has 1 saturated heterocycles. The van der Waals surface area contributed by atoms with Crippen molar-refractivity contribution in [1.29, 1.82) is 0 Å². The van der Waals surface area contributed by atoms with Crippen molar-refractivity contribution in [3.8, 4) is 0 Å². The second-order valence-corrected chi connectivity index (χ2v) is 6.20. The van der Waals surface area contributed by atoms with Crippen LogP contribution in [0.2, 0.25) is 0 Å². The third kappa shape index (κ3) is 1.63. The van der Waals surface area contributed by atoms with Crippen molar-refractivity contribution in [2.75, 3.05) is 24.5 Å². The van der Waals surface area contributed by atoms with Crippen molar-refractivity contribution >= 4 is 11.8 Å². The average Bonchev–Trinajstić information content (AvgIpc) is 2.63. The second kappa shape index (κ2) is 4.40. The number of hydrogen-bond donors (Lipinski definition) is 1. The maximum atomic E-state index is 11.3. The highest BCUT2D eigenvalue weighted by atomic mass is 16.4. The van der Waals surface area contributed by atoms with Gasteiger partial charge in [-0.25, -0.2) is 4.79 Å². The number of aryl methyl sites for hydroxylation is 1. The predicted octanol–water partition coefficient (Wildman–Crippen LogP) is 2.68. The van der Waals surface area contributed by atoms with Crippen LogP contribution in [-0.4, -0.2) is 41.8 Å². The Hall–Kier alpha value is -1.71. The van der Waals surface area contributed by atoms with Crippen LogP contribution in [0.15, 0.2) is 18.2 Å². The minimum Gasteiger partial charge on any atom is -0.465 e. The van der Waals surface area contributed by atoms with Gasteiger partial charge in [0.1, 0.15) is 0 Å². The van der Waals surface area contributed by atoms with E-state index in [1.165, 1.54) is 36.1 Å². The van der Waals surface area contributed by atoms with Crippen molar-refractivity contribution in [1.82, 2.24) is 4.90 Å². The quantitative estimate of drug-likeness (QED) is 0.789. The Morgan fingerprint density at radius 1 is 1.25 bits per heavy atom. The van der Waals surface area contributed by atoms with E-state index in [4.69, 9.17) is 0 Å². The summed E-state index contributed by atoms with van der Waals surface area (Å²) in [5.74, 6) is 0.368. The van der Waals surface area contributed by atoms with Crippen LogP contribution in [0.25, 0.3) is 0 Å². The zero-order valence-corrected chi connectivity index (χ0v) is 11.6. The van der Waals surface area contributed by atoms with E-state index in [-0.39, 0.29) is 0 Å². The molecule has 4 rings (SSSR count). The molecule has 0 bridgehead atoms. The lowest BCUT2D eigenvalue weighted by Gasteiger charge is -2.37. The zero-order chi connectivity index (χ0) is 13.7. The van der Waals surface area contributed by atoms with Gasteiger partial charge in [-0.1, -0.05) is 18.2 Å². The third-order valence-corrected chi connectivity index (χ3v) is 5.18. The molecule has 3 heterocycles. The first-order chi connectivity index (χ1) is 9.75. The minimum atomic E-state index is -0.772. The number of hydrogen-bond acceptors (Lipinski definition) is 2. The fourth-order valence-corrected chi connectivity index (χ4v) is 4.30. The largest absolute Gasteiger partial charge is 0.465 e. The van der Waals surface area contributed by atoms with E-state index in [1.807, 2.05) is 0 Å². The molecule has 0 saturated carbocycles. The summed E-state index contributed by atoms with van der Waals surface area (Å²) < 4.78 is 0. The molecule has 4 nitrogen and oxygen atoms in total. The highest BCUT2D eigenvalue weighted by Crippen LogP contribution is 2.47. The Morgan fingerprint density at radius 3 is 3.00 bits per heavy atom. The monoisotopic (exact) mass is 272 g/mol. The number of carbonyl (C=O) groups is 1. The van der Waals surface area contributed by atoms with Crippen molar-refractivity contribution in [2.24, 2.45) is 0 Å². The summed E-state index contributed by atoms with van der Waals surface area (Å²) in [7, 11) is 0.